The third kappa shape index (κ3) is 5.16. The molecule has 2 N–H and O–H groups in total. The molecule has 0 saturated carbocycles. The Bertz CT molecular complexity index is 323. The minimum Gasteiger partial charge on any atom is -0.357 e. The van der Waals surface area contributed by atoms with E-state index in [-0.39, 0.29) is 0 Å². The zero-order valence-electron chi connectivity index (χ0n) is 13.1. The van der Waals surface area contributed by atoms with Crippen LogP contribution in [0.3, 0.4) is 0 Å². The van der Waals surface area contributed by atoms with Gasteiger partial charge in [0, 0.05) is 25.7 Å². The van der Waals surface area contributed by atoms with Gasteiger partial charge in [-0.25, -0.2) is 0 Å². The van der Waals surface area contributed by atoms with Gasteiger partial charge < -0.3 is 15.5 Å². The van der Waals surface area contributed by atoms with Crippen LogP contribution in [-0.4, -0.2) is 49.6 Å². The predicted molar refractivity (Wildman–Crippen MR) is 86.1 cm³/mol. The van der Waals surface area contributed by atoms with Crippen LogP contribution in [0.4, 0.5) is 0 Å². The summed E-state index contributed by atoms with van der Waals surface area (Å²) >= 11 is 0. The van der Waals surface area contributed by atoms with Crippen molar-refractivity contribution >= 4 is 5.96 Å². The van der Waals surface area contributed by atoms with Crippen molar-refractivity contribution in [2.45, 2.75) is 45.6 Å². The Morgan fingerprint density at radius 2 is 2.00 bits per heavy atom. The van der Waals surface area contributed by atoms with Gasteiger partial charge in [0.15, 0.2) is 5.96 Å². The zero-order valence-corrected chi connectivity index (χ0v) is 13.1. The minimum atomic E-state index is 0.529. The summed E-state index contributed by atoms with van der Waals surface area (Å²) in [6.45, 7) is 10.0. The summed E-state index contributed by atoms with van der Waals surface area (Å²) in [6.07, 6.45) is 9.47. The van der Waals surface area contributed by atoms with Gasteiger partial charge in [0.1, 0.15) is 0 Å². The normalized spacial score (nSPS) is 22.4. The lowest BCUT2D eigenvalue weighted by Gasteiger charge is -2.20. The highest BCUT2D eigenvalue weighted by Gasteiger charge is 2.15. The Labute approximate surface area is 123 Å². The minimum absolute atomic E-state index is 0.529. The summed E-state index contributed by atoms with van der Waals surface area (Å²) in [5.41, 5.74) is 0. The van der Waals surface area contributed by atoms with Crippen molar-refractivity contribution in [3.63, 3.8) is 0 Å². The van der Waals surface area contributed by atoms with E-state index in [0.717, 1.165) is 31.9 Å². The van der Waals surface area contributed by atoms with Crippen molar-refractivity contribution in [2.75, 3.05) is 32.7 Å². The SMILES string of the molecule is CCNC(=NCC(C)CN1CCCC1)NC1CC=CC1. The van der Waals surface area contributed by atoms with Crippen LogP contribution in [0.5, 0.6) is 0 Å². The molecule has 1 heterocycles. The summed E-state index contributed by atoms with van der Waals surface area (Å²) in [6, 6.07) is 0.529. The number of nitrogens with one attached hydrogen (secondary N) is 2. The number of rotatable bonds is 6. The van der Waals surface area contributed by atoms with Gasteiger partial charge in [0.05, 0.1) is 0 Å². The third-order valence-corrected chi connectivity index (χ3v) is 4.02. The van der Waals surface area contributed by atoms with E-state index in [1.165, 1.54) is 32.5 Å². The molecule has 20 heavy (non-hydrogen) atoms. The average molecular weight is 278 g/mol. The van der Waals surface area contributed by atoms with Crippen LogP contribution in [0.15, 0.2) is 17.1 Å². The molecule has 1 unspecified atom stereocenters. The molecule has 4 heteroatoms. The molecule has 2 rings (SSSR count). The fraction of sp³-hybridized carbons (Fsp3) is 0.812. The van der Waals surface area contributed by atoms with E-state index in [4.69, 9.17) is 4.99 Å². The Kier molecular flexibility index (Phi) is 6.37. The molecule has 1 atom stereocenters. The summed E-state index contributed by atoms with van der Waals surface area (Å²) in [4.78, 5) is 7.33. The molecule has 0 spiro atoms. The van der Waals surface area contributed by atoms with Crippen molar-refractivity contribution < 1.29 is 0 Å². The van der Waals surface area contributed by atoms with E-state index in [2.05, 4.69) is 41.5 Å². The van der Waals surface area contributed by atoms with Gasteiger partial charge in [0.25, 0.3) is 0 Å². The van der Waals surface area contributed by atoms with E-state index < -0.39 is 0 Å². The van der Waals surface area contributed by atoms with E-state index in [1.54, 1.807) is 0 Å². The predicted octanol–water partition coefficient (Wildman–Crippen LogP) is 1.99. The van der Waals surface area contributed by atoms with E-state index in [1.807, 2.05) is 0 Å². The highest BCUT2D eigenvalue weighted by Crippen LogP contribution is 2.11. The van der Waals surface area contributed by atoms with Crippen LogP contribution in [0, 0.1) is 5.92 Å². The highest BCUT2D eigenvalue weighted by molar-refractivity contribution is 5.80. The first kappa shape index (κ1) is 15.4. The molecule has 0 radical (unpaired) electrons. The van der Waals surface area contributed by atoms with E-state index in [9.17, 15) is 0 Å². The number of aliphatic imine (C=N–C) groups is 1. The second kappa shape index (κ2) is 8.30. The topological polar surface area (TPSA) is 39.7 Å². The molecule has 1 fully saturated rings. The molecule has 0 aromatic rings. The van der Waals surface area contributed by atoms with Crippen molar-refractivity contribution in [2.24, 2.45) is 10.9 Å². The summed E-state index contributed by atoms with van der Waals surface area (Å²) in [7, 11) is 0. The van der Waals surface area contributed by atoms with Crippen LogP contribution in [0.25, 0.3) is 0 Å². The second-order valence-corrected chi connectivity index (χ2v) is 6.12. The van der Waals surface area contributed by atoms with Crippen LogP contribution in [-0.2, 0) is 0 Å². The fourth-order valence-corrected chi connectivity index (χ4v) is 2.96. The molecule has 2 aliphatic rings. The standard InChI is InChI=1S/C16H30N4/c1-3-17-16(19-15-8-4-5-9-15)18-12-14(2)13-20-10-6-7-11-20/h4-5,14-15H,3,6-13H2,1-2H3,(H2,17,18,19). The molecular weight excluding hydrogens is 248 g/mol. The van der Waals surface area contributed by atoms with Gasteiger partial charge in [-0.2, -0.15) is 0 Å². The summed E-state index contributed by atoms with van der Waals surface area (Å²) in [5.74, 6) is 1.61. The number of nitrogens with zero attached hydrogens (tertiary/aromatic N) is 2. The van der Waals surface area contributed by atoms with Gasteiger partial charge in [-0.05, 0) is 51.6 Å². The van der Waals surface area contributed by atoms with Gasteiger partial charge in [0.2, 0.25) is 0 Å². The Balaban J connectivity index is 1.74. The maximum Gasteiger partial charge on any atom is 0.191 e. The van der Waals surface area contributed by atoms with Crippen LogP contribution in [0.1, 0.15) is 39.5 Å². The largest absolute Gasteiger partial charge is 0.357 e. The van der Waals surface area contributed by atoms with Gasteiger partial charge in [-0.3, -0.25) is 4.99 Å². The first-order valence-corrected chi connectivity index (χ1v) is 8.20. The first-order chi connectivity index (χ1) is 9.78. The maximum absolute atomic E-state index is 4.76. The smallest absolute Gasteiger partial charge is 0.191 e. The molecule has 0 aromatic carbocycles. The molecule has 0 bridgehead atoms. The average Bonchev–Trinajstić information content (AvgIpc) is 3.09. The molecule has 1 aliphatic heterocycles. The summed E-state index contributed by atoms with van der Waals surface area (Å²) in [5, 5.41) is 6.88. The maximum atomic E-state index is 4.76. The van der Waals surface area contributed by atoms with Crippen molar-refractivity contribution in [1.29, 1.82) is 0 Å². The van der Waals surface area contributed by atoms with Crippen LogP contribution >= 0.6 is 0 Å². The first-order valence-electron chi connectivity index (χ1n) is 8.20. The number of guanidine groups is 1. The monoisotopic (exact) mass is 278 g/mol. The van der Waals surface area contributed by atoms with Gasteiger partial charge in [-0.1, -0.05) is 19.1 Å². The lowest BCUT2D eigenvalue weighted by molar-refractivity contribution is 0.291. The summed E-state index contributed by atoms with van der Waals surface area (Å²) < 4.78 is 0. The quantitative estimate of drug-likeness (QED) is 0.443. The zero-order chi connectivity index (χ0) is 14.2. The Morgan fingerprint density at radius 1 is 1.30 bits per heavy atom. The molecule has 0 aromatic heterocycles. The van der Waals surface area contributed by atoms with E-state index in [0.29, 0.717) is 12.0 Å². The fourth-order valence-electron chi connectivity index (χ4n) is 2.96. The van der Waals surface area contributed by atoms with Crippen molar-refractivity contribution in [1.82, 2.24) is 15.5 Å². The number of likely N-dealkylation sites (tertiary alicyclic amines) is 1. The lowest BCUT2D eigenvalue weighted by atomic mass is 10.2. The molecule has 1 saturated heterocycles. The Hall–Kier alpha value is -1.03. The molecule has 0 amide bonds. The van der Waals surface area contributed by atoms with Gasteiger partial charge in [-0.15, -0.1) is 0 Å². The molecule has 114 valence electrons. The molecule has 4 nitrogen and oxygen atoms in total. The second-order valence-electron chi connectivity index (χ2n) is 6.12. The van der Waals surface area contributed by atoms with Crippen LogP contribution in [0.2, 0.25) is 0 Å². The van der Waals surface area contributed by atoms with Crippen molar-refractivity contribution in [3.05, 3.63) is 12.2 Å². The highest BCUT2D eigenvalue weighted by atomic mass is 15.2. The number of hydrogen-bond donors (Lipinski definition) is 2. The lowest BCUT2D eigenvalue weighted by Crippen LogP contribution is -2.42. The van der Waals surface area contributed by atoms with Crippen molar-refractivity contribution in [3.8, 4) is 0 Å². The van der Waals surface area contributed by atoms with Gasteiger partial charge >= 0.3 is 0 Å². The van der Waals surface area contributed by atoms with E-state index >= 15 is 0 Å². The number of hydrogen-bond acceptors (Lipinski definition) is 2. The Morgan fingerprint density at radius 3 is 2.65 bits per heavy atom. The molecular formula is C16H30N4. The van der Waals surface area contributed by atoms with Crippen LogP contribution < -0.4 is 10.6 Å². The molecule has 1 aliphatic carbocycles. The third-order valence-electron chi connectivity index (χ3n) is 4.02.